The first kappa shape index (κ1) is 17.9. The molecule has 0 bridgehead atoms. The van der Waals surface area contributed by atoms with E-state index in [0.717, 1.165) is 10.4 Å². The summed E-state index contributed by atoms with van der Waals surface area (Å²) in [6.45, 7) is 2.60. The minimum absolute atomic E-state index is 0.233. The highest BCUT2D eigenvalue weighted by atomic mass is 32.1. The highest BCUT2D eigenvalue weighted by Gasteiger charge is 2.44. The Hall–Kier alpha value is -1.94. The number of carbonyl (C=O) groups excluding carboxylic acids is 1. The summed E-state index contributed by atoms with van der Waals surface area (Å²) in [4.78, 5) is 18.4. The topological polar surface area (TPSA) is 60.2 Å². The summed E-state index contributed by atoms with van der Waals surface area (Å²) in [6.07, 6.45) is -2.79. The van der Waals surface area contributed by atoms with Gasteiger partial charge in [-0.15, -0.1) is 11.3 Å². The van der Waals surface area contributed by atoms with E-state index < -0.39 is 30.6 Å². The van der Waals surface area contributed by atoms with E-state index in [1.165, 1.54) is 34.7 Å². The quantitative estimate of drug-likeness (QED) is 0.826. The number of carbonyl (C=O) groups is 1. The van der Waals surface area contributed by atoms with E-state index in [0.29, 0.717) is 11.6 Å². The molecule has 2 unspecified atom stereocenters. The van der Waals surface area contributed by atoms with Crippen LogP contribution in [0.15, 0.2) is 23.8 Å². The molecule has 2 aromatic heterocycles. The molecule has 0 aliphatic carbocycles. The fourth-order valence-electron chi connectivity index (χ4n) is 2.74. The number of thiazole rings is 1. The van der Waals surface area contributed by atoms with Gasteiger partial charge in [-0.05, 0) is 13.0 Å². The molecule has 6 nitrogen and oxygen atoms in total. The van der Waals surface area contributed by atoms with Crippen LogP contribution in [0.3, 0.4) is 0 Å². The van der Waals surface area contributed by atoms with Crippen LogP contribution in [-0.4, -0.2) is 51.5 Å². The fourth-order valence-corrected chi connectivity index (χ4v) is 3.63. The summed E-state index contributed by atoms with van der Waals surface area (Å²) in [7, 11) is 0. The Kier molecular flexibility index (Phi) is 5.09. The molecule has 0 spiro atoms. The van der Waals surface area contributed by atoms with E-state index in [1.54, 1.807) is 0 Å². The standard InChI is InChI=1S/C15H17F3N4O2S/c1-10-9-25-14(20-10)11-8-24-6-5-21(11)13(23)7-12(15(16,17)18)22-4-2-3-19-22/h2-4,9,11-12H,5-8H2,1H3. The van der Waals surface area contributed by atoms with Gasteiger partial charge in [0.05, 0.1) is 19.6 Å². The molecule has 1 aliphatic heterocycles. The van der Waals surface area contributed by atoms with Gasteiger partial charge in [0.1, 0.15) is 11.0 Å². The van der Waals surface area contributed by atoms with Crippen molar-refractivity contribution in [3.8, 4) is 0 Å². The number of morpholine rings is 1. The molecule has 0 aromatic carbocycles. The van der Waals surface area contributed by atoms with Crippen LogP contribution in [0.5, 0.6) is 0 Å². The number of hydrogen-bond acceptors (Lipinski definition) is 5. The van der Waals surface area contributed by atoms with Gasteiger partial charge < -0.3 is 9.64 Å². The van der Waals surface area contributed by atoms with E-state index in [9.17, 15) is 18.0 Å². The van der Waals surface area contributed by atoms with Gasteiger partial charge in [0.15, 0.2) is 6.04 Å². The summed E-state index contributed by atoms with van der Waals surface area (Å²) in [6, 6.07) is -1.04. The van der Waals surface area contributed by atoms with E-state index in [-0.39, 0.29) is 13.2 Å². The van der Waals surface area contributed by atoms with E-state index >= 15 is 0 Å². The van der Waals surface area contributed by atoms with E-state index in [4.69, 9.17) is 4.74 Å². The van der Waals surface area contributed by atoms with Gasteiger partial charge in [0.2, 0.25) is 5.91 Å². The first-order chi connectivity index (χ1) is 11.9. The molecule has 1 saturated heterocycles. The first-order valence-corrected chi connectivity index (χ1v) is 8.59. The summed E-state index contributed by atoms with van der Waals surface area (Å²) < 4.78 is 46.3. The van der Waals surface area contributed by atoms with Gasteiger partial charge in [0, 0.05) is 30.0 Å². The van der Waals surface area contributed by atoms with Crippen molar-refractivity contribution in [3.63, 3.8) is 0 Å². The molecule has 1 amide bonds. The minimum Gasteiger partial charge on any atom is -0.377 e. The Morgan fingerprint density at radius 2 is 2.32 bits per heavy atom. The second kappa shape index (κ2) is 7.12. The van der Waals surface area contributed by atoms with Crippen molar-refractivity contribution in [3.05, 3.63) is 34.5 Å². The molecule has 2 aromatic rings. The van der Waals surface area contributed by atoms with Crippen molar-refractivity contribution in [1.82, 2.24) is 19.7 Å². The van der Waals surface area contributed by atoms with Crippen LogP contribution in [0.25, 0.3) is 0 Å². The smallest absolute Gasteiger partial charge is 0.377 e. The molecule has 3 rings (SSSR count). The highest BCUT2D eigenvalue weighted by molar-refractivity contribution is 7.09. The monoisotopic (exact) mass is 374 g/mol. The Balaban J connectivity index is 1.80. The van der Waals surface area contributed by atoms with Gasteiger partial charge in [-0.2, -0.15) is 18.3 Å². The first-order valence-electron chi connectivity index (χ1n) is 7.71. The SMILES string of the molecule is Cc1csc(C2COCCN2C(=O)CC(n2cccn2)C(F)(F)F)n1. The number of ether oxygens (including phenoxy) is 1. The van der Waals surface area contributed by atoms with Crippen LogP contribution in [-0.2, 0) is 9.53 Å². The maximum Gasteiger partial charge on any atom is 0.411 e. The van der Waals surface area contributed by atoms with E-state index in [1.807, 2.05) is 12.3 Å². The molecule has 0 radical (unpaired) electrons. The molecule has 25 heavy (non-hydrogen) atoms. The normalized spacial score (nSPS) is 19.8. The lowest BCUT2D eigenvalue weighted by atomic mass is 10.1. The Morgan fingerprint density at radius 1 is 1.52 bits per heavy atom. The number of nitrogens with zero attached hydrogens (tertiary/aromatic N) is 4. The number of hydrogen-bond donors (Lipinski definition) is 0. The fraction of sp³-hybridized carbons (Fsp3) is 0.533. The van der Waals surface area contributed by atoms with Gasteiger partial charge in [-0.25, -0.2) is 4.98 Å². The average molecular weight is 374 g/mol. The molecule has 1 fully saturated rings. The van der Waals surface area contributed by atoms with Crippen LogP contribution in [0, 0.1) is 6.92 Å². The van der Waals surface area contributed by atoms with Crippen LogP contribution in [0.4, 0.5) is 13.2 Å². The zero-order valence-electron chi connectivity index (χ0n) is 13.4. The lowest BCUT2D eigenvalue weighted by Crippen LogP contribution is -2.45. The molecule has 3 heterocycles. The lowest BCUT2D eigenvalue weighted by Gasteiger charge is -2.35. The Bertz CT molecular complexity index is 717. The zero-order chi connectivity index (χ0) is 18.0. The number of aryl methyl sites for hydroxylation is 1. The van der Waals surface area contributed by atoms with Crippen LogP contribution in [0.2, 0.25) is 0 Å². The van der Waals surface area contributed by atoms with Crippen molar-refractivity contribution in [2.24, 2.45) is 0 Å². The van der Waals surface area contributed by atoms with Crippen molar-refractivity contribution in [2.75, 3.05) is 19.8 Å². The maximum atomic E-state index is 13.4. The Morgan fingerprint density at radius 3 is 2.92 bits per heavy atom. The molecule has 136 valence electrons. The number of aromatic nitrogens is 3. The number of halogens is 3. The summed E-state index contributed by atoms with van der Waals surface area (Å²) in [5.74, 6) is -0.584. The lowest BCUT2D eigenvalue weighted by molar-refractivity contribution is -0.179. The largest absolute Gasteiger partial charge is 0.411 e. The molecule has 10 heteroatoms. The molecule has 2 atom stereocenters. The summed E-state index contributed by atoms with van der Waals surface area (Å²) in [5, 5.41) is 6.17. The second-order valence-electron chi connectivity index (χ2n) is 5.75. The molecule has 1 aliphatic rings. The third-order valence-electron chi connectivity index (χ3n) is 3.96. The Labute approximate surface area is 146 Å². The predicted octanol–water partition coefficient (Wildman–Crippen LogP) is 2.74. The van der Waals surface area contributed by atoms with Crippen molar-refractivity contribution in [1.29, 1.82) is 0 Å². The maximum absolute atomic E-state index is 13.4. The number of rotatable bonds is 4. The number of alkyl halides is 3. The van der Waals surface area contributed by atoms with Crippen LogP contribution >= 0.6 is 11.3 Å². The number of amides is 1. The van der Waals surface area contributed by atoms with Gasteiger partial charge >= 0.3 is 6.18 Å². The van der Waals surface area contributed by atoms with Gasteiger partial charge in [0.25, 0.3) is 0 Å². The second-order valence-corrected chi connectivity index (χ2v) is 6.64. The minimum atomic E-state index is -4.57. The summed E-state index contributed by atoms with van der Waals surface area (Å²) in [5.41, 5.74) is 0.808. The van der Waals surface area contributed by atoms with Crippen molar-refractivity contribution < 1.29 is 22.7 Å². The average Bonchev–Trinajstić information content (AvgIpc) is 3.23. The third-order valence-corrected chi connectivity index (χ3v) is 5.02. The molecular weight excluding hydrogens is 357 g/mol. The highest BCUT2D eigenvalue weighted by Crippen LogP contribution is 2.35. The molecule has 0 N–H and O–H groups in total. The molecule has 0 saturated carbocycles. The molecular formula is C15H17F3N4O2S. The predicted molar refractivity (Wildman–Crippen MR) is 84.1 cm³/mol. The van der Waals surface area contributed by atoms with Gasteiger partial charge in [-0.1, -0.05) is 0 Å². The van der Waals surface area contributed by atoms with Crippen molar-refractivity contribution >= 4 is 17.2 Å². The van der Waals surface area contributed by atoms with Crippen molar-refractivity contribution in [2.45, 2.75) is 31.6 Å². The zero-order valence-corrected chi connectivity index (χ0v) is 14.3. The third kappa shape index (κ3) is 4.01. The van der Waals surface area contributed by atoms with Crippen LogP contribution < -0.4 is 0 Å². The van der Waals surface area contributed by atoms with Crippen LogP contribution in [0.1, 0.15) is 29.2 Å². The van der Waals surface area contributed by atoms with E-state index in [2.05, 4.69) is 10.1 Å². The summed E-state index contributed by atoms with van der Waals surface area (Å²) >= 11 is 1.37. The van der Waals surface area contributed by atoms with Gasteiger partial charge in [-0.3, -0.25) is 9.48 Å².